The Morgan fingerprint density at radius 1 is 1.47 bits per heavy atom. The summed E-state index contributed by atoms with van der Waals surface area (Å²) in [5.74, 6) is -1.04. The summed E-state index contributed by atoms with van der Waals surface area (Å²) < 4.78 is 15.4. The molecule has 0 heterocycles. The van der Waals surface area contributed by atoms with Crippen LogP contribution in [0.5, 0.6) is 0 Å². The summed E-state index contributed by atoms with van der Waals surface area (Å²) in [7, 11) is 3.10. The number of hydrogen-bond acceptors (Lipinski definition) is 5. The van der Waals surface area contributed by atoms with Crippen LogP contribution >= 0.6 is 0 Å². The molecule has 1 aliphatic rings. The molecular weight excluding hydrogens is 200 g/mol. The molecule has 0 aliphatic heterocycles. The first kappa shape index (κ1) is 12.4. The molecule has 0 saturated heterocycles. The summed E-state index contributed by atoms with van der Waals surface area (Å²) in [4.78, 5) is 10.6. The van der Waals surface area contributed by atoms with Gasteiger partial charge in [-0.05, 0) is 0 Å². The first-order valence-electron chi connectivity index (χ1n) is 4.94. The van der Waals surface area contributed by atoms with Crippen molar-refractivity contribution in [2.24, 2.45) is 11.8 Å². The maximum atomic E-state index is 10.6. The Hall–Kier alpha value is -0.650. The molecule has 1 aliphatic carbocycles. The highest BCUT2D eigenvalue weighted by atomic mass is 16.7. The van der Waals surface area contributed by atoms with Crippen molar-refractivity contribution in [2.75, 3.05) is 27.4 Å². The van der Waals surface area contributed by atoms with Gasteiger partial charge in [0.2, 0.25) is 0 Å². The van der Waals surface area contributed by atoms with E-state index >= 15 is 0 Å². The van der Waals surface area contributed by atoms with Gasteiger partial charge in [-0.1, -0.05) is 0 Å². The van der Waals surface area contributed by atoms with Crippen molar-refractivity contribution >= 4 is 5.97 Å². The largest absolute Gasteiger partial charge is 0.466 e. The van der Waals surface area contributed by atoms with Gasteiger partial charge in [-0.3, -0.25) is 4.79 Å². The third kappa shape index (κ3) is 2.30. The lowest BCUT2D eigenvalue weighted by Crippen LogP contribution is -2.59. The summed E-state index contributed by atoms with van der Waals surface area (Å²) in [5, 5.41) is 9.22. The molecule has 0 radical (unpaired) electrons. The van der Waals surface area contributed by atoms with E-state index in [0.717, 1.165) is 0 Å². The van der Waals surface area contributed by atoms with Crippen molar-refractivity contribution in [2.45, 2.75) is 19.1 Å². The van der Waals surface area contributed by atoms with E-state index in [1.54, 1.807) is 14.2 Å². The minimum absolute atomic E-state index is 0.0341. The van der Waals surface area contributed by atoms with E-state index in [4.69, 9.17) is 14.2 Å². The second kappa shape index (κ2) is 4.92. The smallest absolute Gasteiger partial charge is 0.302 e. The van der Waals surface area contributed by atoms with E-state index in [2.05, 4.69) is 0 Å². The van der Waals surface area contributed by atoms with Crippen molar-refractivity contribution in [1.29, 1.82) is 0 Å². The summed E-state index contributed by atoms with van der Waals surface area (Å²) in [6.45, 7) is 1.65. The summed E-state index contributed by atoms with van der Waals surface area (Å²) in [6.07, 6.45) is 0.637. The number of aliphatic hydroxyl groups is 1. The lowest BCUT2D eigenvalue weighted by atomic mass is 9.68. The van der Waals surface area contributed by atoms with Gasteiger partial charge in [-0.25, -0.2) is 0 Å². The quantitative estimate of drug-likeness (QED) is 0.526. The van der Waals surface area contributed by atoms with Gasteiger partial charge < -0.3 is 19.3 Å². The molecule has 1 saturated carbocycles. The third-order valence-corrected chi connectivity index (χ3v) is 3.07. The molecule has 5 heteroatoms. The zero-order chi connectivity index (χ0) is 11.5. The van der Waals surface area contributed by atoms with E-state index in [1.807, 2.05) is 0 Å². The van der Waals surface area contributed by atoms with Crippen LogP contribution < -0.4 is 0 Å². The molecule has 0 unspecified atom stereocenters. The molecule has 0 aromatic heterocycles. The fraction of sp³-hybridized carbons (Fsp3) is 0.900. The molecule has 0 amide bonds. The highest BCUT2D eigenvalue weighted by Gasteiger charge is 2.55. The van der Waals surface area contributed by atoms with Crippen molar-refractivity contribution < 1.29 is 24.1 Å². The maximum absolute atomic E-state index is 10.6. The topological polar surface area (TPSA) is 65.0 Å². The predicted molar refractivity (Wildman–Crippen MR) is 52.1 cm³/mol. The van der Waals surface area contributed by atoms with Crippen molar-refractivity contribution in [3.8, 4) is 0 Å². The second-order valence-corrected chi connectivity index (χ2v) is 3.78. The molecule has 15 heavy (non-hydrogen) atoms. The fourth-order valence-electron chi connectivity index (χ4n) is 2.10. The average Bonchev–Trinajstić information content (AvgIpc) is 2.18. The summed E-state index contributed by atoms with van der Waals surface area (Å²) >= 11 is 0. The Balaban J connectivity index is 2.48. The highest BCUT2D eigenvalue weighted by molar-refractivity contribution is 5.65. The van der Waals surface area contributed by atoms with Crippen LogP contribution in [-0.4, -0.2) is 44.3 Å². The lowest BCUT2D eigenvalue weighted by molar-refractivity contribution is -0.320. The van der Waals surface area contributed by atoms with Gasteiger partial charge in [0.25, 0.3) is 0 Å². The highest BCUT2D eigenvalue weighted by Crippen LogP contribution is 2.46. The number of carbonyl (C=O) groups excluding carboxylic acids is 1. The number of methoxy groups -OCH3 is 2. The predicted octanol–water partition coefficient (Wildman–Crippen LogP) is 0.167. The van der Waals surface area contributed by atoms with Crippen molar-refractivity contribution in [1.82, 2.24) is 0 Å². The number of hydrogen-bond donors (Lipinski definition) is 1. The summed E-state index contributed by atoms with van der Waals surface area (Å²) in [5.41, 5.74) is 0. The molecular formula is C10H18O5. The van der Waals surface area contributed by atoms with Gasteiger partial charge in [0.05, 0.1) is 13.2 Å². The minimum atomic E-state index is -0.709. The zero-order valence-corrected chi connectivity index (χ0v) is 9.36. The molecule has 0 bridgehead atoms. The third-order valence-electron chi connectivity index (χ3n) is 3.07. The summed E-state index contributed by atoms with van der Waals surface area (Å²) in [6, 6.07) is 0. The van der Waals surface area contributed by atoms with Gasteiger partial charge in [-0.2, -0.15) is 0 Å². The number of aliphatic hydroxyl groups excluding tert-OH is 1. The van der Waals surface area contributed by atoms with Gasteiger partial charge in [0.1, 0.15) is 0 Å². The first-order valence-corrected chi connectivity index (χ1v) is 4.94. The van der Waals surface area contributed by atoms with Crippen LogP contribution in [0.15, 0.2) is 0 Å². The van der Waals surface area contributed by atoms with E-state index < -0.39 is 5.79 Å². The fourth-order valence-corrected chi connectivity index (χ4v) is 2.10. The monoisotopic (exact) mass is 218 g/mol. The molecule has 5 nitrogen and oxygen atoms in total. The lowest BCUT2D eigenvalue weighted by Gasteiger charge is -2.51. The molecule has 1 N–H and O–H groups in total. The average molecular weight is 218 g/mol. The Morgan fingerprint density at radius 2 is 2.07 bits per heavy atom. The molecule has 0 aromatic rings. The van der Waals surface area contributed by atoms with Crippen LogP contribution in [0.2, 0.25) is 0 Å². The van der Waals surface area contributed by atoms with E-state index in [9.17, 15) is 9.90 Å². The second-order valence-electron chi connectivity index (χ2n) is 3.78. The van der Waals surface area contributed by atoms with Gasteiger partial charge >= 0.3 is 5.97 Å². The van der Waals surface area contributed by atoms with Gasteiger partial charge in [0, 0.05) is 39.4 Å². The Bertz CT molecular complexity index is 224. The molecule has 1 rings (SSSR count). The normalized spacial score (nSPS) is 28.3. The van der Waals surface area contributed by atoms with Crippen molar-refractivity contribution in [3.63, 3.8) is 0 Å². The molecule has 0 aromatic carbocycles. The Morgan fingerprint density at radius 3 is 2.47 bits per heavy atom. The van der Waals surface area contributed by atoms with Gasteiger partial charge in [0.15, 0.2) is 5.79 Å². The number of carbonyl (C=O) groups is 1. The molecule has 88 valence electrons. The van der Waals surface area contributed by atoms with Gasteiger partial charge in [-0.15, -0.1) is 0 Å². The Labute approximate surface area is 89.3 Å². The minimum Gasteiger partial charge on any atom is -0.466 e. The van der Waals surface area contributed by atoms with E-state index in [1.165, 1.54) is 6.92 Å². The van der Waals surface area contributed by atoms with Crippen LogP contribution in [-0.2, 0) is 19.0 Å². The number of rotatable bonds is 5. The SMILES string of the molecule is COC1(OC)C[C@H](COC(C)=O)[C@H]1CO. The number of ether oxygens (including phenoxy) is 3. The van der Waals surface area contributed by atoms with Crippen LogP contribution in [0, 0.1) is 11.8 Å². The number of esters is 1. The van der Waals surface area contributed by atoms with Crippen LogP contribution in [0.3, 0.4) is 0 Å². The molecule has 1 fully saturated rings. The van der Waals surface area contributed by atoms with Crippen LogP contribution in [0.1, 0.15) is 13.3 Å². The standard InChI is InChI=1S/C10H18O5/c1-7(12)15-6-8-4-10(13-2,14-3)9(8)5-11/h8-9,11H,4-6H2,1-3H3/t8-,9-/m1/s1. The Kier molecular flexibility index (Phi) is 4.07. The van der Waals surface area contributed by atoms with E-state index in [-0.39, 0.29) is 24.4 Å². The molecule has 2 atom stereocenters. The zero-order valence-electron chi connectivity index (χ0n) is 9.36. The van der Waals surface area contributed by atoms with E-state index in [0.29, 0.717) is 13.0 Å². The van der Waals surface area contributed by atoms with Crippen LogP contribution in [0.4, 0.5) is 0 Å². The van der Waals surface area contributed by atoms with Crippen molar-refractivity contribution in [3.05, 3.63) is 0 Å². The first-order chi connectivity index (χ1) is 7.09. The maximum Gasteiger partial charge on any atom is 0.302 e. The van der Waals surface area contributed by atoms with Crippen LogP contribution in [0.25, 0.3) is 0 Å². The molecule has 0 spiro atoms.